The summed E-state index contributed by atoms with van der Waals surface area (Å²) in [7, 11) is 0. The summed E-state index contributed by atoms with van der Waals surface area (Å²) in [5.74, 6) is 1.82. The summed E-state index contributed by atoms with van der Waals surface area (Å²) in [6, 6.07) is 71.0. The van der Waals surface area contributed by atoms with Gasteiger partial charge in [-0.15, -0.1) is 0 Å². The average molecular weight is 755 g/mol. The van der Waals surface area contributed by atoms with Crippen molar-refractivity contribution in [2.45, 2.75) is 0 Å². The second-order valence-corrected chi connectivity index (χ2v) is 14.6. The van der Waals surface area contributed by atoms with Crippen LogP contribution in [0.4, 0.5) is 0 Å². The molecule has 276 valence electrons. The fourth-order valence-electron chi connectivity index (χ4n) is 7.93. The standard InChI is InChI=1S/C54H34N4O/c1-4-13-35(14-5-1)37-23-27-40(28-24-37)52-56-53(41-29-25-38(26-30-41)36-15-6-2-7-16-36)58-54(57-52)44-20-12-19-42(33-44)43-31-32-45-47(34-43)55-50(39-17-8-3-9-18-39)49-46-21-10-11-22-48(46)59-51(45)49/h1-34H. The highest BCUT2D eigenvalue weighted by Crippen LogP contribution is 2.40. The van der Waals surface area contributed by atoms with E-state index >= 15 is 0 Å². The molecule has 0 amide bonds. The molecule has 8 aromatic carbocycles. The van der Waals surface area contributed by atoms with E-state index in [1.165, 1.54) is 0 Å². The SMILES string of the molecule is c1ccc(-c2ccc(-c3nc(-c4ccc(-c5ccccc5)cc4)nc(-c4cccc(-c5ccc6c(c5)nc(-c5ccccc5)c5c7ccccc7oc65)c4)n3)cc2)cc1. The third kappa shape index (κ3) is 6.41. The first-order chi connectivity index (χ1) is 29.2. The van der Waals surface area contributed by atoms with Gasteiger partial charge in [0.2, 0.25) is 0 Å². The second kappa shape index (κ2) is 14.5. The highest BCUT2D eigenvalue weighted by Gasteiger charge is 2.19. The third-order valence-corrected chi connectivity index (χ3v) is 10.9. The van der Waals surface area contributed by atoms with Crippen molar-refractivity contribution in [3.05, 3.63) is 206 Å². The van der Waals surface area contributed by atoms with Gasteiger partial charge in [0.25, 0.3) is 0 Å². The molecule has 0 aliphatic heterocycles. The molecule has 0 bridgehead atoms. The highest BCUT2D eigenvalue weighted by atomic mass is 16.3. The molecule has 0 aliphatic carbocycles. The maximum atomic E-state index is 6.54. The van der Waals surface area contributed by atoms with E-state index in [0.717, 1.165) is 94.2 Å². The number of benzene rings is 8. The Hall–Kier alpha value is -8.02. The molecule has 0 saturated carbocycles. The number of pyridine rings is 1. The van der Waals surface area contributed by atoms with Crippen LogP contribution in [0.1, 0.15) is 0 Å². The number of furan rings is 1. The zero-order valence-corrected chi connectivity index (χ0v) is 31.8. The predicted molar refractivity (Wildman–Crippen MR) is 240 cm³/mol. The molecule has 3 aromatic heterocycles. The van der Waals surface area contributed by atoms with Crippen molar-refractivity contribution in [3.63, 3.8) is 0 Å². The smallest absolute Gasteiger partial charge is 0.164 e. The van der Waals surface area contributed by atoms with Gasteiger partial charge in [0, 0.05) is 33.0 Å². The summed E-state index contributed by atoms with van der Waals surface area (Å²) in [6.45, 7) is 0. The molecule has 0 atom stereocenters. The van der Waals surface area contributed by atoms with Gasteiger partial charge >= 0.3 is 0 Å². The van der Waals surface area contributed by atoms with Gasteiger partial charge in [-0.1, -0.05) is 182 Å². The maximum Gasteiger partial charge on any atom is 0.164 e. The second-order valence-electron chi connectivity index (χ2n) is 14.6. The molecule has 11 aromatic rings. The fourth-order valence-corrected chi connectivity index (χ4v) is 7.93. The minimum atomic E-state index is 0.598. The Morgan fingerprint density at radius 1 is 0.288 bits per heavy atom. The number of hydrogen-bond donors (Lipinski definition) is 0. The lowest BCUT2D eigenvalue weighted by atomic mass is 9.98. The minimum absolute atomic E-state index is 0.598. The van der Waals surface area contributed by atoms with E-state index in [1.807, 2.05) is 36.4 Å². The van der Waals surface area contributed by atoms with Gasteiger partial charge in [0.15, 0.2) is 17.5 Å². The summed E-state index contributed by atoms with van der Waals surface area (Å²) >= 11 is 0. The molecular weight excluding hydrogens is 721 g/mol. The third-order valence-electron chi connectivity index (χ3n) is 10.9. The molecule has 0 spiro atoms. The zero-order chi connectivity index (χ0) is 39.1. The fraction of sp³-hybridized carbons (Fsp3) is 0. The summed E-state index contributed by atoms with van der Waals surface area (Å²) in [5.41, 5.74) is 13.9. The van der Waals surface area contributed by atoms with E-state index in [0.29, 0.717) is 17.5 Å². The molecule has 0 N–H and O–H groups in total. The van der Waals surface area contributed by atoms with E-state index < -0.39 is 0 Å². The molecule has 3 heterocycles. The van der Waals surface area contributed by atoms with Gasteiger partial charge in [-0.25, -0.2) is 19.9 Å². The molecule has 0 fully saturated rings. The van der Waals surface area contributed by atoms with Crippen LogP contribution in [0.15, 0.2) is 211 Å². The van der Waals surface area contributed by atoms with Crippen LogP contribution in [0.25, 0.3) is 112 Å². The quantitative estimate of drug-likeness (QED) is 0.162. The molecule has 0 unspecified atom stereocenters. The number of para-hydroxylation sites is 1. The van der Waals surface area contributed by atoms with E-state index in [4.69, 9.17) is 24.4 Å². The Morgan fingerprint density at radius 2 is 0.729 bits per heavy atom. The highest BCUT2D eigenvalue weighted by molar-refractivity contribution is 6.19. The number of nitrogens with zero attached hydrogens (tertiary/aromatic N) is 4. The van der Waals surface area contributed by atoms with Crippen molar-refractivity contribution >= 4 is 32.8 Å². The summed E-state index contributed by atoms with van der Waals surface area (Å²) in [4.78, 5) is 20.6. The van der Waals surface area contributed by atoms with Crippen molar-refractivity contribution in [1.29, 1.82) is 0 Å². The lowest BCUT2D eigenvalue weighted by Crippen LogP contribution is -2.00. The number of hydrogen-bond acceptors (Lipinski definition) is 5. The van der Waals surface area contributed by atoms with Gasteiger partial charge in [-0.2, -0.15) is 0 Å². The van der Waals surface area contributed by atoms with Crippen molar-refractivity contribution in [2.75, 3.05) is 0 Å². The monoisotopic (exact) mass is 754 g/mol. The van der Waals surface area contributed by atoms with E-state index in [2.05, 4.69) is 170 Å². The van der Waals surface area contributed by atoms with Crippen LogP contribution >= 0.6 is 0 Å². The largest absolute Gasteiger partial charge is 0.455 e. The molecule has 5 nitrogen and oxygen atoms in total. The number of rotatable bonds is 7. The van der Waals surface area contributed by atoms with Crippen molar-refractivity contribution in [1.82, 2.24) is 19.9 Å². The summed E-state index contributed by atoms with van der Waals surface area (Å²) < 4.78 is 6.54. The number of fused-ring (bicyclic) bond motifs is 5. The van der Waals surface area contributed by atoms with Gasteiger partial charge in [-0.3, -0.25) is 0 Å². The van der Waals surface area contributed by atoms with Gasteiger partial charge in [-0.05, 0) is 57.6 Å². The van der Waals surface area contributed by atoms with Crippen LogP contribution < -0.4 is 0 Å². The molecule has 0 saturated heterocycles. The topological polar surface area (TPSA) is 64.7 Å². The Labute approximate surface area is 341 Å². The minimum Gasteiger partial charge on any atom is -0.455 e. The molecule has 0 aliphatic rings. The maximum absolute atomic E-state index is 6.54. The van der Waals surface area contributed by atoms with Crippen molar-refractivity contribution < 1.29 is 4.42 Å². The first kappa shape index (κ1) is 34.2. The van der Waals surface area contributed by atoms with Gasteiger partial charge in [0.1, 0.15) is 11.2 Å². The first-order valence-electron chi connectivity index (χ1n) is 19.7. The van der Waals surface area contributed by atoms with Gasteiger partial charge < -0.3 is 4.42 Å². The normalized spacial score (nSPS) is 11.4. The van der Waals surface area contributed by atoms with Crippen LogP contribution in [0.2, 0.25) is 0 Å². The van der Waals surface area contributed by atoms with Crippen LogP contribution in [-0.2, 0) is 0 Å². The van der Waals surface area contributed by atoms with E-state index in [1.54, 1.807) is 0 Å². The van der Waals surface area contributed by atoms with Crippen LogP contribution in [0.3, 0.4) is 0 Å². The predicted octanol–water partition coefficient (Wildman–Crippen LogP) is 14.0. The molecule has 59 heavy (non-hydrogen) atoms. The Bertz CT molecular complexity index is 3190. The van der Waals surface area contributed by atoms with Crippen molar-refractivity contribution in [3.8, 4) is 78.8 Å². The summed E-state index contributed by atoms with van der Waals surface area (Å²) in [6.07, 6.45) is 0. The van der Waals surface area contributed by atoms with Crippen LogP contribution in [0, 0.1) is 0 Å². The molecule has 11 rings (SSSR count). The lowest BCUT2D eigenvalue weighted by molar-refractivity contribution is 0.672. The lowest BCUT2D eigenvalue weighted by Gasteiger charge is -2.11. The van der Waals surface area contributed by atoms with Crippen LogP contribution in [-0.4, -0.2) is 19.9 Å². The Kier molecular flexibility index (Phi) is 8.41. The summed E-state index contributed by atoms with van der Waals surface area (Å²) in [5, 5.41) is 3.06. The number of aromatic nitrogens is 4. The van der Waals surface area contributed by atoms with Gasteiger partial charge in [0.05, 0.1) is 16.6 Å². The average Bonchev–Trinajstić information content (AvgIpc) is 3.72. The van der Waals surface area contributed by atoms with E-state index in [9.17, 15) is 0 Å². The Balaban J connectivity index is 1.02. The molecular formula is C54H34N4O. The molecule has 0 radical (unpaired) electrons. The van der Waals surface area contributed by atoms with E-state index in [-0.39, 0.29) is 0 Å². The van der Waals surface area contributed by atoms with Crippen molar-refractivity contribution in [2.24, 2.45) is 0 Å². The zero-order valence-electron chi connectivity index (χ0n) is 31.8. The Morgan fingerprint density at radius 3 is 1.34 bits per heavy atom. The van der Waals surface area contributed by atoms with Crippen LogP contribution in [0.5, 0.6) is 0 Å². The first-order valence-corrected chi connectivity index (χ1v) is 19.7. The molecule has 5 heteroatoms.